The van der Waals surface area contributed by atoms with Crippen molar-refractivity contribution < 1.29 is 12.8 Å². The first-order chi connectivity index (χ1) is 6.03. The Morgan fingerprint density at radius 3 is 2.69 bits per heavy atom. The van der Waals surface area contributed by atoms with Gasteiger partial charge in [0.1, 0.15) is 11.5 Å². The maximum absolute atomic E-state index is 11.2. The lowest BCUT2D eigenvalue weighted by Gasteiger charge is -2.00. The van der Waals surface area contributed by atoms with Crippen LogP contribution in [0.2, 0.25) is 0 Å². The van der Waals surface area contributed by atoms with Gasteiger partial charge in [-0.25, -0.2) is 13.1 Å². The Morgan fingerprint density at radius 2 is 2.23 bits per heavy atom. The molecule has 0 unspecified atom stereocenters. The van der Waals surface area contributed by atoms with E-state index in [9.17, 15) is 8.42 Å². The van der Waals surface area contributed by atoms with E-state index in [1.54, 1.807) is 13.0 Å². The first kappa shape index (κ1) is 10.3. The van der Waals surface area contributed by atoms with E-state index in [1.165, 1.54) is 6.26 Å². The molecule has 5 heteroatoms. The molecule has 0 aliphatic carbocycles. The summed E-state index contributed by atoms with van der Waals surface area (Å²) in [4.78, 5) is 0. The van der Waals surface area contributed by atoms with Crippen molar-refractivity contribution in [1.29, 1.82) is 0 Å². The summed E-state index contributed by atoms with van der Waals surface area (Å²) in [5.74, 6) is 0.382. The van der Waals surface area contributed by atoms with Crippen LogP contribution in [0.25, 0.3) is 0 Å². The van der Waals surface area contributed by atoms with Crippen molar-refractivity contribution in [3.05, 3.63) is 23.7 Å². The molecule has 0 saturated heterocycles. The van der Waals surface area contributed by atoms with Crippen molar-refractivity contribution in [3.63, 3.8) is 0 Å². The third-order valence-corrected chi connectivity index (χ3v) is 2.87. The van der Waals surface area contributed by atoms with E-state index in [4.69, 9.17) is 4.42 Å². The van der Waals surface area contributed by atoms with Gasteiger partial charge in [-0.05, 0) is 18.6 Å². The molecule has 13 heavy (non-hydrogen) atoms. The van der Waals surface area contributed by atoms with E-state index in [2.05, 4.69) is 4.72 Å². The van der Waals surface area contributed by atoms with Gasteiger partial charge in [0, 0.05) is 6.54 Å². The van der Waals surface area contributed by atoms with Crippen LogP contribution < -0.4 is 4.72 Å². The fraction of sp³-hybridized carbons (Fsp3) is 0.500. The first-order valence-electron chi connectivity index (χ1n) is 4.05. The van der Waals surface area contributed by atoms with Crippen molar-refractivity contribution in [2.45, 2.75) is 19.6 Å². The zero-order valence-electron chi connectivity index (χ0n) is 7.70. The molecule has 0 radical (unpaired) electrons. The summed E-state index contributed by atoms with van der Waals surface area (Å²) in [5.41, 5.74) is 0.932. The molecular weight excluding hydrogens is 190 g/mol. The topological polar surface area (TPSA) is 59.3 Å². The number of sulfonamides is 1. The predicted octanol–water partition coefficient (Wildman–Crippen LogP) is 1.03. The molecule has 1 heterocycles. The lowest BCUT2D eigenvalue weighted by Crippen LogP contribution is -2.24. The van der Waals surface area contributed by atoms with Crippen LogP contribution in [0.5, 0.6) is 0 Å². The van der Waals surface area contributed by atoms with Crippen LogP contribution in [0.4, 0.5) is 0 Å². The minimum atomic E-state index is -3.22. The Hall–Kier alpha value is -0.810. The zero-order valence-corrected chi connectivity index (χ0v) is 8.52. The second-order valence-corrected chi connectivity index (χ2v) is 4.65. The lowest BCUT2D eigenvalue weighted by atomic mass is 10.4. The molecule has 1 N–H and O–H groups in total. The van der Waals surface area contributed by atoms with Gasteiger partial charge in [0.15, 0.2) is 0 Å². The number of nitrogens with one attached hydrogen (secondary N) is 1. The summed E-state index contributed by atoms with van der Waals surface area (Å²) in [7, 11) is -3.22. The zero-order chi connectivity index (χ0) is 9.90. The molecule has 0 spiro atoms. The van der Waals surface area contributed by atoms with E-state index < -0.39 is 10.0 Å². The third kappa shape index (κ3) is 3.20. The summed E-state index contributed by atoms with van der Waals surface area (Å²) in [5, 5.41) is 0. The van der Waals surface area contributed by atoms with Crippen molar-refractivity contribution in [2.24, 2.45) is 0 Å². The monoisotopic (exact) mass is 203 g/mol. The van der Waals surface area contributed by atoms with Crippen molar-refractivity contribution in [1.82, 2.24) is 4.72 Å². The lowest BCUT2D eigenvalue weighted by molar-refractivity contribution is 0.517. The highest BCUT2D eigenvalue weighted by molar-refractivity contribution is 7.88. The Labute approximate surface area is 78.0 Å². The second-order valence-electron chi connectivity index (χ2n) is 2.85. The van der Waals surface area contributed by atoms with Gasteiger partial charge in [0.05, 0.1) is 6.26 Å². The normalized spacial score (nSPS) is 11.8. The van der Waals surface area contributed by atoms with Gasteiger partial charge in [-0.2, -0.15) is 0 Å². The maximum Gasteiger partial charge on any atom is 0.218 e. The predicted molar refractivity (Wildman–Crippen MR) is 49.7 cm³/mol. The smallest absolute Gasteiger partial charge is 0.218 e. The minimum absolute atomic E-state index is 0.0886. The summed E-state index contributed by atoms with van der Waals surface area (Å²) >= 11 is 0. The second kappa shape index (κ2) is 3.93. The van der Waals surface area contributed by atoms with Crippen molar-refractivity contribution >= 4 is 10.0 Å². The minimum Gasteiger partial charge on any atom is -0.468 e. The highest BCUT2D eigenvalue weighted by Gasteiger charge is 2.12. The highest BCUT2D eigenvalue weighted by Crippen LogP contribution is 2.09. The van der Waals surface area contributed by atoms with Crippen LogP contribution in [0, 0.1) is 6.92 Å². The first-order valence-corrected chi connectivity index (χ1v) is 5.70. The molecule has 1 rings (SSSR count). The molecule has 0 bridgehead atoms. The van der Waals surface area contributed by atoms with Gasteiger partial charge < -0.3 is 4.42 Å². The number of aryl methyl sites for hydroxylation is 1. The quantitative estimate of drug-likeness (QED) is 0.795. The molecule has 4 nitrogen and oxygen atoms in total. The van der Waals surface area contributed by atoms with Crippen LogP contribution in [0.3, 0.4) is 0 Å². The molecular formula is C8H13NO3S. The van der Waals surface area contributed by atoms with E-state index in [1.807, 2.05) is 6.92 Å². The van der Waals surface area contributed by atoms with Crippen molar-refractivity contribution in [2.75, 3.05) is 6.54 Å². The van der Waals surface area contributed by atoms with E-state index in [-0.39, 0.29) is 5.75 Å². The van der Waals surface area contributed by atoms with Crippen LogP contribution in [0.1, 0.15) is 18.2 Å². The number of hydrogen-bond donors (Lipinski definition) is 1. The van der Waals surface area contributed by atoms with Crippen LogP contribution >= 0.6 is 0 Å². The van der Waals surface area contributed by atoms with E-state index >= 15 is 0 Å². The average Bonchev–Trinajstić information content (AvgIpc) is 2.34. The highest BCUT2D eigenvalue weighted by atomic mass is 32.2. The fourth-order valence-electron chi connectivity index (χ4n) is 1.02. The van der Waals surface area contributed by atoms with Crippen LogP contribution in [-0.2, 0) is 15.8 Å². The molecule has 1 aromatic heterocycles. The standard InChI is InChI=1S/C8H13NO3S/c1-3-9-13(10,11)6-8-4-7(2)5-12-8/h4-5,9H,3,6H2,1-2H3. The molecule has 0 atom stereocenters. The van der Waals surface area contributed by atoms with Gasteiger partial charge in [-0.15, -0.1) is 0 Å². The number of hydrogen-bond acceptors (Lipinski definition) is 3. The Bertz CT molecular complexity index is 366. The summed E-state index contributed by atoms with van der Waals surface area (Å²) in [6.07, 6.45) is 1.54. The fourth-order valence-corrected chi connectivity index (χ4v) is 2.09. The molecule has 74 valence electrons. The van der Waals surface area contributed by atoms with Gasteiger partial charge in [-0.3, -0.25) is 0 Å². The average molecular weight is 203 g/mol. The Kier molecular flexibility index (Phi) is 3.11. The van der Waals surface area contributed by atoms with E-state index in [0.29, 0.717) is 12.3 Å². The molecule has 0 fully saturated rings. The Balaban J connectivity index is 2.69. The summed E-state index contributed by atoms with van der Waals surface area (Å²) in [6, 6.07) is 1.72. The molecule has 0 saturated carbocycles. The summed E-state index contributed by atoms with van der Waals surface area (Å²) in [6.45, 7) is 4.00. The molecule has 0 aromatic carbocycles. The third-order valence-electron chi connectivity index (χ3n) is 1.48. The van der Waals surface area contributed by atoms with Gasteiger partial charge in [0.2, 0.25) is 10.0 Å². The number of furan rings is 1. The van der Waals surface area contributed by atoms with Gasteiger partial charge in [0.25, 0.3) is 0 Å². The molecule has 0 amide bonds. The SMILES string of the molecule is CCNS(=O)(=O)Cc1cc(C)co1. The van der Waals surface area contributed by atoms with Gasteiger partial charge in [-0.1, -0.05) is 6.92 Å². The van der Waals surface area contributed by atoms with Crippen LogP contribution in [-0.4, -0.2) is 15.0 Å². The largest absolute Gasteiger partial charge is 0.468 e. The van der Waals surface area contributed by atoms with E-state index in [0.717, 1.165) is 5.56 Å². The molecule has 1 aromatic rings. The van der Waals surface area contributed by atoms with Gasteiger partial charge >= 0.3 is 0 Å². The molecule has 0 aliphatic rings. The number of rotatable bonds is 4. The summed E-state index contributed by atoms with van der Waals surface area (Å²) < 4.78 is 29.9. The molecule has 0 aliphatic heterocycles. The van der Waals surface area contributed by atoms with Crippen LogP contribution in [0.15, 0.2) is 16.7 Å². The maximum atomic E-state index is 11.2. The van der Waals surface area contributed by atoms with Crippen molar-refractivity contribution in [3.8, 4) is 0 Å². The Morgan fingerprint density at radius 1 is 1.54 bits per heavy atom.